The Bertz CT molecular complexity index is 8380. The molecule has 148 heavy (non-hydrogen) atoms. The van der Waals surface area contributed by atoms with Crippen LogP contribution in [-0.2, 0) is 43.3 Å². The van der Waals surface area contributed by atoms with Crippen molar-refractivity contribution in [2.45, 2.75) is 315 Å². The van der Waals surface area contributed by atoms with Crippen molar-refractivity contribution in [3.05, 3.63) is 375 Å². The van der Waals surface area contributed by atoms with Gasteiger partial charge in [-0.25, -0.2) is 0 Å². The van der Waals surface area contributed by atoms with Crippen LogP contribution in [0.4, 0.5) is 17.1 Å². The van der Waals surface area contributed by atoms with E-state index in [1.165, 1.54) is 343 Å². The Morgan fingerprint density at radius 3 is 0.946 bits per heavy atom. The Kier molecular flexibility index (Phi) is 23.4. The molecule has 0 spiro atoms. The molecule has 3 heteroatoms. The van der Waals surface area contributed by atoms with Gasteiger partial charge in [0.2, 0.25) is 0 Å². The maximum atomic E-state index is 7.46. The Hall–Kier alpha value is -13.1. The fourth-order valence-corrected chi connectivity index (χ4v) is 29.8. The molecule has 744 valence electrons. The minimum absolute atomic E-state index is 0.0168. The molecule has 0 atom stereocenters. The third-order valence-electron chi connectivity index (χ3n) is 37.8. The highest BCUT2D eigenvalue weighted by Crippen LogP contribution is 2.67. The minimum atomic E-state index is -0.466. The van der Waals surface area contributed by atoms with Crippen molar-refractivity contribution in [1.29, 1.82) is 0 Å². The minimum Gasteiger partial charge on any atom is -0.455 e. The summed E-state index contributed by atoms with van der Waals surface area (Å²) in [6.45, 7) is 41.2. The van der Waals surface area contributed by atoms with E-state index in [0.29, 0.717) is 0 Å². The largest absolute Gasteiger partial charge is 0.455 e. The highest BCUT2D eigenvalue weighted by Gasteiger charge is 2.52. The van der Waals surface area contributed by atoms with Gasteiger partial charge in [0.1, 0.15) is 22.3 Å². The van der Waals surface area contributed by atoms with Gasteiger partial charge in [0.15, 0.2) is 0 Å². The number of rotatable bonds is 31. The predicted octanol–water partition coefficient (Wildman–Crippen LogP) is 42.4. The molecule has 0 aliphatic heterocycles. The standard InChI is InChI=1S/C145H147NO2/c1-18-22-26-30-42-76-144(77-43-31-27-23-19-2)115-50-38-34-46-101(115)107-70-57-94(84-124(107)144)91-55-68-104-103-67-54-90(80-117(103)139(8,9)118(104)81-91)93-59-73-110-121(83-93)142(14,15)134-130(110)132-113-49-37-41-53-128(113)148-137(132)133-111-75-66-100(88-123(111)143(16,17)135(133)134)146(98-63-61-97(62-64-98)138(5,6)7)99-65-74-109-122(87-99)141(12,13)126-89-114(136-131(129(109)126)112-48-36-40-52-127(112)147-136)96-60-72-106-105-69-56-92(82-119(105)140(10,11)120(106)86-96)95-58-71-108-102-47-35-39-51-116(102)145(125(108)85-95,78-44-32-28-24-20-3)79-45-33-29-25-21-4/h34-41,46-75,80-89H,18-33,42-45,76-79H2,1-17H3. The molecule has 0 saturated heterocycles. The first-order valence-electron chi connectivity index (χ1n) is 57.1. The molecule has 3 nitrogen and oxygen atoms in total. The SMILES string of the molecule is CCCCCCCC1(CCCCCCC)c2ccccc2-c2ccc(-c3ccc4c(c3)C(C)(C)c3cc(-c5ccc6c(c5)C(C)(C)c5c7c(c8oc9ccccc9c8c5-6)-c5ccc(N(c6ccc(C(C)(C)C)cc6)c6ccc8c(c6)C(C)(C)c6cc(-c9ccc%10c(c9)C(C)(C)c9cc(-c%11ccc%12c(c%11)C(CCCCCCC)(CCCCCCC)c%11ccccc%11-%12)ccc9-%10)c9oc%10ccccc%10c9c6-8)cc5C7(C)C)ccc3-4)cc21. The lowest BCUT2D eigenvalue weighted by Gasteiger charge is -2.33. The monoisotopic (exact) mass is 1930 g/mol. The normalized spacial score (nSPS) is 15.8. The Morgan fingerprint density at radius 2 is 0.520 bits per heavy atom. The smallest absolute Gasteiger partial charge is 0.144 e. The first-order valence-corrected chi connectivity index (χ1v) is 57.1. The van der Waals surface area contributed by atoms with Crippen LogP contribution in [0.25, 0.3) is 166 Å². The highest BCUT2D eigenvalue weighted by molar-refractivity contribution is 6.22. The summed E-state index contributed by atoms with van der Waals surface area (Å²) in [5.74, 6) is 0. The number of benzene rings is 16. The van der Waals surface area contributed by atoms with Crippen LogP contribution >= 0.6 is 0 Å². The van der Waals surface area contributed by atoms with Crippen molar-refractivity contribution in [3.63, 3.8) is 0 Å². The molecular weight excluding hydrogens is 1790 g/mol. The fourth-order valence-electron chi connectivity index (χ4n) is 29.8. The third-order valence-corrected chi connectivity index (χ3v) is 37.8. The van der Waals surface area contributed by atoms with Crippen LogP contribution in [0.1, 0.15) is 355 Å². The quantitative estimate of drug-likeness (QED) is 0.0406. The van der Waals surface area contributed by atoms with Crippen LogP contribution < -0.4 is 4.90 Å². The van der Waals surface area contributed by atoms with E-state index in [9.17, 15) is 0 Å². The number of para-hydroxylation sites is 2. The second-order valence-corrected chi connectivity index (χ2v) is 49.4. The van der Waals surface area contributed by atoms with E-state index in [1.807, 2.05) is 0 Å². The van der Waals surface area contributed by atoms with Crippen molar-refractivity contribution in [2.75, 3.05) is 4.90 Å². The molecular formula is C145H147NO2. The Balaban J connectivity index is 0.545. The van der Waals surface area contributed by atoms with Crippen molar-refractivity contribution in [1.82, 2.24) is 0 Å². The first-order chi connectivity index (χ1) is 71.6. The van der Waals surface area contributed by atoms with Crippen molar-refractivity contribution in [2.24, 2.45) is 0 Å². The number of unbranched alkanes of at least 4 members (excludes halogenated alkanes) is 16. The second-order valence-electron chi connectivity index (χ2n) is 49.4. The number of furan rings is 2. The second kappa shape index (κ2) is 36.1. The van der Waals surface area contributed by atoms with Crippen molar-refractivity contribution in [3.8, 4) is 122 Å². The molecule has 7 aliphatic carbocycles. The van der Waals surface area contributed by atoms with Crippen LogP contribution in [0.15, 0.2) is 300 Å². The molecule has 2 aromatic heterocycles. The van der Waals surface area contributed by atoms with Crippen LogP contribution in [-0.4, -0.2) is 0 Å². The first kappa shape index (κ1) is 95.8. The van der Waals surface area contributed by atoms with Crippen LogP contribution in [0, 0.1) is 0 Å². The molecule has 0 amide bonds. The van der Waals surface area contributed by atoms with E-state index in [2.05, 4.69) is 414 Å². The van der Waals surface area contributed by atoms with E-state index in [1.54, 1.807) is 22.3 Å². The number of hydrogen-bond acceptors (Lipinski definition) is 3. The zero-order chi connectivity index (χ0) is 102. The molecule has 18 aromatic rings. The van der Waals surface area contributed by atoms with Gasteiger partial charge in [-0.05, 0) is 323 Å². The molecule has 2 heterocycles. The molecule has 0 unspecified atom stereocenters. The van der Waals surface area contributed by atoms with E-state index < -0.39 is 16.2 Å². The lowest BCUT2D eigenvalue weighted by Crippen LogP contribution is -2.25. The summed E-state index contributed by atoms with van der Waals surface area (Å²) in [5, 5.41) is 4.71. The van der Waals surface area contributed by atoms with E-state index in [4.69, 9.17) is 8.83 Å². The van der Waals surface area contributed by atoms with Gasteiger partial charge in [-0.2, -0.15) is 0 Å². The number of fused-ring (bicyclic) bond motifs is 31. The van der Waals surface area contributed by atoms with Gasteiger partial charge >= 0.3 is 0 Å². The summed E-state index contributed by atoms with van der Waals surface area (Å²) >= 11 is 0. The van der Waals surface area contributed by atoms with E-state index >= 15 is 0 Å². The van der Waals surface area contributed by atoms with Gasteiger partial charge in [-0.1, -0.05) is 440 Å². The summed E-state index contributed by atoms with van der Waals surface area (Å²) in [6, 6.07) is 116. The van der Waals surface area contributed by atoms with E-state index in [-0.39, 0.29) is 27.1 Å². The van der Waals surface area contributed by atoms with Gasteiger partial charge in [0.05, 0.1) is 0 Å². The zero-order valence-corrected chi connectivity index (χ0v) is 90.9. The van der Waals surface area contributed by atoms with Crippen LogP contribution in [0.3, 0.4) is 0 Å². The fraction of sp³-hybridized carbons (Fsp3) is 0.338. The van der Waals surface area contributed by atoms with Gasteiger partial charge in [0, 0.05) is 87.6 Å². The lowest BCUT2D eigenvalue weighted by molar-refractivity contribution is 0.399. The van der Waals surface area contributed by atoms with Gasteiger partial charge in [-0.3, -0.25) is 0 Å². The third kappa shape index (κ3) is 14.8. The summed E-state index contributed by atoms with van der Waals surface area (Å²) in [6.07, 6.45) is 30.8. The highest BCUT2D eigenvalue weighted by atomic mass is 16.3. The molecule has 0 radical (unpaired) electrons. The lowest BCUT2D eigenvalue weighted by atomic mass is 9.70. The van der Waals surface area contributed by atoms with Gasteiger partial charge in [-0.15, -0.1) is 0 Å². The average Bonchev–Trinajstić information content (AvgIpc) is 1.49. The van der Waals surface area contributed by atoms with Crippen molar-refractivity contribution >= 4 is 60.9 Å². The molecule has 25 rings (SSSR count). The number of nitrogens with zero attached hydrogens (tertiary/aromatic N) is 1. The predicted molar refractivity (Wildman–Crippen MR) is 630 cm³/mol. The molecule has 7 aliphatic rings. The maximum Gasteiger partial charge on any atom is 0.144 e. The van der Waals surface area contributed by atoms with Crippen molar-refractivity contribution < 1.29 is 8.83 Å². The van der Waals surface area contributed by atoms with Gasteiger partial charge in [0.25, 0.3) is 0 Å². The van der Waals surface area contributed by atoms with Crippen LogP contribution in [0.5, 0.6) is 0 Å². The molecule has 16 aromatic carbocycles. The average molecular weight is 1940 g/mol. The molecule has 0 bridgehead atoms. The molecule has 0 N–H and O–H groups in total. The van der Waals surface area contributed by atoms with Crippen LogP contribution in [0.2, 0.25) is 0 Å². The summed E-state index contributed by atoms with van der Waals surface area (Å²) < 4.78 is 14.8. The molecule has 0 saturated carbocycles. The topological polar surface area (TPSA) is 29.5 Å². The number of anilines is 3. The Morgan fingerprint density at radius 1 is 0.223 bits per heavy atom. The summed E-state index contributed by atoms with van der Waals surface area (Å²) in [7, 11) is 0. The number of hydrogen-bond donors (Lipinski definition) is 0. The van der Waals surface area contributed by atoms with E-state index in [0.717, 1.165) is 55.7 Å². The maximum absolute atomic E-state index is 7.46. The summed E-state index contributed by atoms with van der Waals surface area (Å²) in [4.78, 5) is 2.55. The summed E-state index contributed by atoms with van der Waals surface area (Å²) in [5.41, 5.74) is 55.3. The molecule has 0 fully saturated rings. The van der Waals surface area contributed by atoms with Gasteiger partial charge < -0.3 is 13.7 Å². The zero-order valence-electron chi connectivity index (χ0n) is 90.9. The Labute approximate surface area is 880 Å².